The normalized spacial score (nSPS) is 26.7. The Bertz CT molecular complexity index is 1380. The highest BCUT2D eigenvalue weighted by atomic mass is 16.7. The summed E-state index contributed by atoms with van der Waals surface area (Å²) in [4.78, 5) is 25.7. The molecule has 380 valence electrons. The Morgan fingerprint density at radius 2 is 0.955 bits per heavy atom. The van der Waals surface area contributed by atoms with E-state index in [1.807, 2.05) is 0 Å². The van der Waals surface area contributed by atoms with Crippen LogP contribution in [0.4, 0.5) is 0 Å². The van der Waals surface area contributed by atoms with Crippen LogP contribution >= 0.6 is 0 Å². The standard InChI is InChI=1S/C51H86O15/c1-3-5-7-9-11-13-15-17-18-19-20-22-23-25-27-29-31-33-42(53)61-36-39(64-43(54)34-32-30-28-26-24-21-16-14-12-10-8-6-4-2)37-62-50-49(60)47(58)45(56)41(66-50)38-63-51-48(59)46(57)44(55)40(35-52)65-51/h6,8,11-14,17-18,21,24,39-41,44-52,55-60H,3-5,7,9-10,15-16,19-20,22-23,25-38H2,1-2H3/b8-6-,13-11-,14-12-,18-17-,24-21-. The molecule has 2 aliphatic rings. The van der Waals surface area contributed by atoms with Gasteiger partial charge in [-0.3, -0.25) is 9.59 Å². The average molecular weight is 939 g/mol. The summed E-state index contributed by atoms with van der Waals surface area (Å²) in [6, 6.07) is 0. The summed E-state index contributed by atoms with van der Waals surface area (Å²) in [5, 5.41) is 72.0. The fourth-order valence-corrected chi connectivity index (χ4v) is 7.38. The Kier molecular flexibility index (Phi) is 34.2. The predicted molar refractivity (Wildman–Crippen MR) is 252 cm³/mol. The summed E-state index contributed by atoms with van der Waals surface area (Å²) in [5.74, 6) is -0.974. The summed E-state index contributed by atoms with van der Waals surface area (Å²) >= 11 is 0. The second kappa shape index (κ2) is 38.1. The summed E-state index contributed by atoms with van der Waals surface area (Å²) in [6.07, 6.45) is 25.4. The van der Waals surface area contributed by atoms with Crippen LogP contribution in [0.3, 0.4) is 0 Å². The Labute approximate surface area is 394 Å². The van der Waals surface area contributed by atoms with Gasteiger partial charge in [-0.15, -0.1) is 0 Å². The number of allylic oxidation sites excluding steroid dienone is 10. The summed E-state index contributed by atoms with van der Waals surface area (Å²) in [7, 11) is 0. The van der Waals surface area contributed by atoms with Crippen LogP contribution in [0.15, 0.2) is 60.8 Å². The minimum absolute atomic E-state index is 0.126. The fourth-order valence-electron chi connectivity index (χ4n) is 7.38. The van der Waals surface area contributed by atoms with Crippen molar-refractivity contribution in [3.05, 3.63) is 60.8 Å². The first-order valence-corrected chi connectivity index (χ1v) is 24.9. The SMILES string of the molecule is CC/C=C\C/C=C\C/C=C\CCCCCC(=O)OC(COC(=O)CCCCCCCCC/C=C\C/C=C\CCCCC)COC1OC(COC2OC(CO)C(O)C(O)C2O)C(O)C(O)C1O. The van der Waals surface area contributed by atoms with Crippen LogP contribution in [0.5, 0.6) is 0 Å². The number of aliphatic hydroxyl groups is 7. The molecule has 7 N–H and O–H groups in total. The summed E-state index contributed by atoms with van der Waals surface area (Å²) in [5.41, 5.74) is 0. The lowest BCUT2D eigenvalue weighted by atomic mass is 9.98. The fraction of sp³-hybridized carbons (Fsp3) is 0.765. The first-order chi connectivity index (χ1) is 32.0. The van der Waals surface area contributed by atoms with Crippen molar-refractivity contribution in [2.24, 2.45) is 0 Å². The van der Waals surface area contributed by atoms with Crippen LogP contribution < -0.4 is 0 Å². The maximum atomic E-state index is 13.0. The zero-order chi connectivity index (χ0) is 48.2. The zero-order valence-corrected chi connectivity index (χ0v) is 39.9. The van der Waals surface area contributed by atoms with Gasteiger partial charge in [0.05, 0.1) is 19.8 Å². The maximum Gasteiger partial charge on any atom is 0.306 e. The van der Waals surface area contributed by atoms with Crippen molar-refractivity contribution in [1.29, 1.82) is 0 Å². The van der Waals surface area contributed by atoms with Gasteiger partial charge in [0.15, 0.2) is 18.7 Å². The zero-order valence-electron chi connectivity index (χ0n) is 39.9. The van der Waals surface area contributed by atoms with Crippen molar-refractivity contribution in [2.45, 2.75) is 223 Å². The molecule has 0 aromatic heterocycles. The highest BCUT2D eigenvalue weighted by Gasteiger charge is 2.47. The quantitative estimate of drug-likeness (QED) is 0.0201. The monoisotopic (exact) mass is 939 g/mol. The van der Waals surface area contributed by atoms with Gasteiger partial charge >= 0.3 is 11.9 Å². The van der Waals surface area contributed by atoms with Gasteiger partial charge in [-0.1, -0.05) is 126 Å². The number of hydrogen-bond donors (Lipinski definition) is 7. The lowest BCUT2D eigenvalue weighted by Crippen LogP contribution is -2.61. The maximum absolute atomic E-state index is 13.0. The van der Waals surface area contributed by atoms with E-state index in [1.54, 1.807) is 0 Å². The molecule has 2 heterocycles. The van der Waals surface area contributed by atoms with E-state index < -0.39 is 99.3 Å². The lowest BCUT2D eigenvalue weighted by molar-refractivity contribution is -0.332. The minimum Gasteiger partial charge on any atom is -0.462 e. The lowest BCUT2D eigenvalue weighted by Gasteiger charge is -2.42. The number of hydrogen-bond acceptors (Lipinski definition) is 15. The molecule has 11 atom stereocenters. The first kappa shape index (κ1) is 59.3. The van der Waals surface area contributed by atoms with Gasteiger partial charge in [0.2, 0.25) is 0 Å². The highest BCUT2D eigenvalue weighted by Crippen LogP contribution is 2.26. The third kappa shape index (κ3) is 26.1. The molecule has 66 heavy (non-hydrogen) atoms. The first-order valence-electron chi connectivity index (χ1n) is 24.9. The van der Waals surface area contributed by atoms with Gasteiger partial charge in [0.25, 0.3) is 0 Å². The minimum atomic E-state index is -1.77. The van der Waals surface area contributed by atoms with E-state index in [2.05, 4.69) is 74.6 Å². The molecular formula is C51H86O15. The topological polar surface area (TPSA) is 231 Å². The number of carbonyl (C=O) groups is 2. The van der Waals surface area contributed by atoms with E-state index in [1.165, 1.54) is 38.5 Å². The van der Waals surface area contributed by atoms with Crippen LogP contribution in [0.1, 0.15) is 155 Å². The molecule has 2 aliphatic heterocycles. The van der Waals surface area contributed by atoms with E-state index in [9.17, 15) is 45.3 Å². The summed E-state index contributed by atoms with van der Waals surface area (Å²) < 4.78 is 33.5. The molecule has 11 unspecified atom stereocenters. The van der Waals surface area contributed by atoms with Gasteiger partial charge in [-0.05, 0) is 77.0 Å². The Morgan fingerprint density at radius 1 is 0.500 bits per heavy atom. The van der Waals surface area contributed by atoms with Gasteiger partial charge < -0.3 is 64.2 Å². The molecule has 0 spiro atoms. The second-order valence-corrected chi connectivity index (χ2v) is 17.3. The smallest absolute Gasteiger partial charge is 0.306 e. The number of esters is 2. The van der Waals surface area contributed by atoms with Crippen LogP contribution in [0.25, 0.3) is 0 Å². The average Bonchev–Trinajstić information content (AvgIpc) is 3.31. The molecule has 15 heteroatoms. The van der Waals surface area contributed by atoms with Crippen LogP contribution in [0.2, 0.25) is 0 Å². The molecule has 0 aliphatic carbocycles. The molecule has 2 rings (SSSR count). The Hall–Kier alpha value is -2.80. The molecule has 2 fully saturated rings. The molecule has 0 aromatic rings. The number of ether oxygens (including phenoxy) is 6. The molecule has 0 bridgehead atoms. The third-order valence-electron chi connectivity index (χ3n) is 11.5. The van der Waals surface area contributed by atoms with Crippen molar-refractivity contribution >= 4 is 11.9 Å². The third-order valence-corrected chi connectivity index (χ3v) is 11.5. The Morgan fingerprint density at radius 3 is 1.52 bits per heavy atom. The van der Waals surface area contributed by atoms with E-state index >= 15 is 0 Å². The highest BCUT2D eigenvalue weighted by molar-refractivity contribution is 5.70. The van der Waals surface area contributed by atoms with E-state index in [0.29, 0.717) is 12.8 Å². The van der Waals surface area contributed by atoms with E-state index in [-0.39, 0.29) is 19.4 Å². The number of aliphatic hydroxyl groups excluding tert-OH is 7. The Balaban J connectivity index is 1.83. The van der Waals surface area contributed by atoms with Crippen molar-refractivity contribution in [3.8, 4) is 0 Å². The van der Waals surface area contributed by atoms with Crippen molar-refractivity contribution in [1.82, 2.24) is 0 Å². The van der Waals surface area contributed by atoms with Crippen molar-refractivity contribution < 1.29 is 73.8 Å². The van der Waals surface area contributed by atoms with E-state index in [4.69, 9.17) is 28.4 Å². The van der Waals surface area contributed by atoms with Crippen LogP contribution in [0, 0.1) is 0 Å². The summed E-state index contributed by atoms with van der Waals surface area (Å²) in [6.45, 7) is 2.39. The number of rotatable bonds is 37. The second-order valence-electron chi connectivity index (χ2n) is 17.3. The van der Waals surface area contributed by atoms with Crippen molar-refractivity contribution in [2.75, 3.05) is 26.4 Å². The molecular weight excluding hydrogens is 853 g/mol. The van der Waals surface area contributed by atoms with Gasteiger partial charge in [-0.2, -0.15) is 0 Å². The van der Waals surface area contributed by atoms with Crippen LogP contribution in [-0.4, -0.2) is 142 Å². The molecule has 0 amide bonds. The molecule has 0 saturated carbocycles. The molecule has 0 radical (unpaired) electrons. The number of unbranched alkanes of at least 4 members (excludes halogenated alkanes) is 13. The van der Waals surface area contributed by atoms with Gasteiger partial charge in [0.1, 0.15) is 55.4 Å². The molecule has 0 aromatic carbocycles. The van der Waals surface area contributed by atoms with Crippen LogP contribution in [-0.2, 0) is 38.0 Å². The molecule has 2 saturated heterocycles. The van der Waals surface area contributed by atoms with Gasteiger partial charge in [-0.25, -0.2) is 0 Å². The van der Waals surface area contributed by atoms with Crippen molar-refractivity contribution in [3.63, 3.8) is 0 Å². The van der Waals surface area contributed by atoms with Gasteiger partial charge in [0, 0.05) is 12.8 Å². The largest absolute Gasteiger partial charge is 0.462 e. The van der Waals surface area contributed by atoms with E-state index in [0.717, 1.165) is 77.0 Å². The number of carbonyl (C=O) groups excluding carboxylic acids is 2. The molecule has 15 nitrogen and oxygen atoms in total. The predicted octanol–water partition coefficient (Wildman–Crippen LogP) is 6.49.